The summed E-state index contributed by atoms with van der Waals surface area (Å²) in [5, 5.41) is -0.500. The van der Waals surface area contributed by atoms with Gasteiger partial charge in [-0.1, -0.05) is 35.9 Å². The molecule has 0 N–H and O–H groups in total. The lowest BCUT2D eigenvalue weighted by Gasteiger charge is -2.17. The van der Waals surface area contributed by atoms with Crippen LogP contribution in [0.15, 0.2) is 64.0 Å². The molecule has 27 heavy (non-hydrogen) atoms. The molecular formula is C19H11BrClF4NO. The highest BCUT2D eigenvalue weighted by Crippen LogP contribution is 2.39. The van der Waals surface area contributed by atoms with E-state index < -0.39 is 28.0 Å². The van der Waals surface area contributed by atoms with Gasteiger partial charge in [0.05, 0.1) is 20.8 Å². The number of benzene rings is 2. The third-order valence-corrected chi connectivity index (χ3v) is 4.91. The number of nitrogens with zero attached hydrogens (tertiary/aromatic N) is 1. The molecule has 0 spiro atoms. The Bertz CT molecular complexity index is 1060. The second kappa shape index (κ2) is 7.48. The minimum absolute atomic E-state index is 0.0625. The first-order chi connectivity index (χ1) is 12.7. The maximum Gasteiger partial charge on any atom is 0.417 e. The predicted molar refractivity (Wildman–Crippen MR) is 99.4 cm³/mol. The van der Waals surface area contributed by atoms with Crippen LogP contribution in [0.2, 0.25) is 5.02 Å². The zero-order valence-corrected chi connectivity index (χ0v) is 15.9. The number of aromatic nitrogens is 1. The summed E-state index contributed by atoms with van der Waals surface area (Å²) in [7, 11) is 0. The van der Waals surface area contributed by atoms with Crippen LogP contribution in [-0.4, -0.2) is 4.57 Å². The number of hydrogen-bond donors (Lipinski definition) is 0. The van der Waals surface area contributed by atoms with Gasteiger partial charge >= 0.3 is 6.18 Å². The predicted octanol–water partition coefficient (Wildman–Crippen LogP) is 6.14. The van der Waals surface area contributed by atoms with Crippen molar-refractivity contribution >= 4 is 27.5 Å². The topological polar surface area (TPSA) is 22.0 Å². The molecule has 1 aromatic heterocycles. The molecule has 2 aromatic carbocycles. The Morgan fingerprint density at radius 1 is 1.07 bits per heavy atom. The van der Waals surface area contributed by atoms with Gasteiger partial charge in [0.2, 0.25) is 0 Å². The van der Waals surface area contributed by atoms with Crippen molar-refractivity contribution < 1.29 is 17.6 Å². The van der Waals surface area contributed by atoms with E-state index in [-0.39, 0.29) is 22.3 Å². The van der Waals surface area contributed by atoms with E-state index in [0.717, 1.165) is 6.07 Å². The largest absolute Gasteiger partial charge is 0.417 e. The van der Waals surface area contributed by atoms with Gasteiger partial charge in [-0.3, -0.25) is 4.79 Å². The van der Waals surface area contributed by atoms with E-state index >= 15 is 0 Å². The molecule has 8 heteroatoms. The van der Waals surface area contributed by atoms with E-state index in [0.29, 0.717) is 5.56 Å². The van der Waals surface area contributed by atoms with E-state index in [1.165, 1.54) is 42.6 Å². The summed E-state index contributed by atoms with van der Waals surface area (Å²) in [6, 6.07) is 10.5. The molecule has 0 aliphatic carbocycles. The first-order valence-electron chi connectivity index (χ1n) is 7.67. The van der Waals surface area contributed by atoms with Gasteiger partial charge in [-0.15, -0.1) is 0 Å². The molecule has 3 aromatic rings. The summed E-state index contributed by atoms with van der Waals surface area (Å²) in [5.74, 6) is -0.439. The second-order valence-corrected chi connectivity index (χ2v) is 7.03. The third-order valence-electron chi connectivity index (χ3n) is 3.90. The van der Waals surface area contributed by atoms with Gasteiger partial charge in [0, 0.05) is 24.4 Å². The number of hydrogen-bond acceptors (Lipinski definition) is 1. The van der Waals surface area contributed by atoms with E-state index in [9.17, 15) is 22.4 Å². The van der Waals surface area contributed by atoms with Crippen LogP contribution in [0, 0.1) is 5.82 Å². The maximum absolute atomic E-state index is 13.5. The summed E-state index contributed by atoms with van der Waals surface area (Å²) in [4.78, 5) is 12.1. The first kappa shape index (κ1) is 19.6. The van der Waals surface area contributed by atoms with Crippen molar-refractivity contribution in [1.82, 2.24) is 4.57 Å². The lowest BCUT2D eigenvalue weighted by Crippen LogP contribution is -2.13. The van der Waals surface area contributed by atoms with Crippen LogP contribution in [-0.2, 0) is 12.7 Å². The van der Waals surface area contributed by atoms with Crippen molar-refractivity contribution in [3.05, 3.63) is 91.4 Å². The van der Waals surface area contributed by atoms with Crippen molar-refractivity contribution in [3.8, 4) is 11.3 Å². The lowest BCUT2D eigenvalue weighted by atomic mass is 10.1. The Labute approximate surface area is 165 Å². The maximum atomic E-state index is 13.5. The second-order valence-electron chi connectivity index (χ2n) is 5.79. The number of alkyl halides is 3. The van der Waals surface area contributed by atoms with Crippen LogP contribution in [0.4, 0.5) is 17.6 Å². The Hall–Kier alpha value is -2.12. The molecule has 0 fully saturated rings. The van der Waals surface area contributed by atoms with Crippen molar-refractivity contribution in [3.63, 3.8) is 0 Å². The molecule has 3 rings (SSSR count). The number of rotatable bonds is 3. The molecule has 0 aliphatic rings. The molecule has 0 atom stereocenters. The molecule has 1 heterocycles. The highest BCUT2D eigenvalue weighted by molar-refractivity contribution is 9.10. The standard InChI is InChI=1S/C19H11BrClF4NO/c20-15-10-26(9-11-3-1-4-12(22)7-11)16(8-17(15)27)13-5-2-6-14(18(13)21)19(23,24)25/h1-8,10H,9H2. The fourth-order valence-corrected chi connectivity index (χ4v) is 3.38. The summed E-state index contributed by atoms with van der Waals surface area (Å²) in [6.07, 6.45) is -3.19. The lowest BCUT2D eigenvalue weighted by molar-refractivity contribution is -0.137. The Balaban J connectivity index is 2.19. The highest BCUT2D eigenvalue weighted by atomic mass is 79.9. The van der Waals surface area contributed by atoms with Crippen molar-refractivity contribution in [2.75, 3.05) is 0 Å². The zero-order chi connectivity index (χ0) is 19.8. The van der Waals surface area contributed by atoms with Gasteiger partial charge < -0.3 is 4.57 Å². The fraction of sp³-hybridized carbons (Fsp3) is 0.105. The van der Waals surface area contributed by atoms with Crippen LogP contribution in [0.5, 0.6) is 0 Å². The van der Waals surface area contributed by atoms with Crippen molar-refractivity contribution in [2.45, 2.75) is 12.7 Å². The van der Waals surface area contributed by atoms with Crippen LogP contribution in [0.1, 0.15) is 11.1 Å². The molecule has 0 unspecified atom stereocenters. The summed E-state index contributed by atoms with van der Waals surface area (Å²) < 4.78 is 54.8. The minimum atomic E-state index is -4.63. The first-order valence-corrected chi connectivity index (χ1v) is 8.84. The van der Waals surface area contributed by atoms with Crippen molar-refractivity contribution in [2.24, 2.45) is 0 Å². The summed E-state index contributed by atoms with van der Waals surface area (Å²) in [5.41, 5.74) is -0.561. The quantitative estimate of drug-likeness (QED) is 0.431. The average Bonchev–Trinajstić information content (AvgIpc) is 2.57. The summed E-state index contributed by atoms with van der Waals surface area (Å²) in [6.45, 7) is 0.137. The monoisotopic (exact) mass is 459 g/mol. The van der Waals surface area contributed by atoms with Gasteiger partial charge in [0.25, 0.3) is 0 Å². The molecular weight excluding hydrogens is 450 g/mol. The van der Waals surface area contributed by atoms with E-state index in [2.05, 4.69) is 15.9 Å². The molecule has 0 radical (unpaired) electrons. The third kappa shape index (κ3) is 4.25. The van der Waals surface area contributed by atoms with Gasteiger partial charge in [0.15, 0.2) is 5.43 Å². The SMILES string of the molecule is O=c1cc(-c2cccc(C(F)(F)F)c2Cl)n(Cc2cccc(F)c2)cc1Br. The van der Waals surface area contributed by atoms with E-state index in [4.69, 9.17) is 11.6 Å². The molecule has 0 saturated carbocycles. The molecule has 2 nitrogen and oxygen atoms in total. The Kier molecular flexibility index (Phi) is 5.44. The minimum Gasteiger partial charge on any atom is -0.342 e. The van der Waals surface area contributed by atoms with Crippen LogP contribution >= 0.6 is 27.5 Å². The summed E-state index contributed by atoms with van der Waals surface area (Å²) >= 11 is 9.14. The molecule has 0 saturated heterocycles. The van der Waals surface area contributed by atoms with Gasteiger partial charge in [-0.2, -0.15) is 13.2 Å². The van der Waals surface area contributed by atoms with Gasteiger partial charge in [-0.25, -0.2) is 4.39 Å². The van der Waals surface area contributed by atoms with E-state index in [1.807, 2.05) is 0 Å². The molecule has 140 valence electrons. The fourth-order valence-electron chi connectivity index (χ4n) is 2.69. The highest BCUT2D eigenvalue weighted by Gasteiger charge is 2.34. The average molecular weight is 461 g/mol. The van der Waals surface area contributed by atoms with E-state index in [1.54, 1.807) is 10.6 Å². The smallest absolute Gasteiger partial charge is 0.342 e. The Morgan fingerprint density at radius 2 is 1.78 bits per heavy atom. The number of pyridine rings is 1. The van der Waals surface area contributed by atoms with Crippen LogP contribution in [0.25, 0.3) is 11.3 Å². The Morgan fingerprint density at radius 3 is 2.44 bits per heavy atom. The number of halogens is 6. The zero-order valence-electron chi connectivity index (χ0n) is 13.5. The molecule has 0 bridgehead atoms. The molecule has 0 amide bonds. The van der Waals surface area contributed by atoms with Crippen LogP contribution in [0.3, 0.4) is 0 Å². The van der Waals surface area contributed by atoms with Crippen molar-refractivity contribution in [1.29, 1.82) is 0 Å². The normalized spacial score (nSPS) is 11.6. The van der Waals surface area contributed by atoms with Gasteiger partial charge in [0.1, 0.15) is 5.82 Å². The van der Waals surface area contributed by atoms with Gasteiger partial charge in [-0.05, 0) is 39.7 Å². The van der Waals surface area contributed by atoms with Crippen LogP contribution < -0.4 is 5.43 Å². The molecule has 0 aliphatic heterocycles.